The summed E-state index contributed by atoms with van der Waals surface area (Å²) < 4.78 is 5.43. The van der Waals surface area contributed by atoms with Crippen molar-refractivity contribution in [3.8, 4) is 0 Å². The molecule has 144 valence electrons. The first kappa shape index (κ1) is 18.7. The number of benzene rings is 2. The number of halogens is 1. The summed E-state index contributed by atoms with van der Waals surface area (Å²) in [5, 5.41) is 0.584. The number of hydrogen-bond acceptors (Lipinski definition) is 4. The summed E-state index contributed by atoms with van der Waals surface area (Å²) in [6, 6.07) is 12.8. The van der Waals surface area contributed by atoms with Crippen molar-refractivity contribution in [2.75, 3.05) is 31.2 Å². The Morgan fingerprint density at radius 2 is 1.61 bits per heavy atom. The number of morpholine rings is 1. The van der Waals surface area contributed by atoms with Crippen LogP contribution >= 0.6 is 11.6 Å². The minimum absolute atomic E-state index is 0.287. The number of anilines is 1. The first-order valence-electron chi connectivity index (χ1n) is 9.26. The molecule has 2 aromatic rings. The summed E-state index contributed by atoms with van der Waals surface area (Å²) in [5.41, 5.74) is 4.06. The van der Waals surface area contributed by atoms with E-state index in [1.165, 1.54) is 4.90 Å². The molecule has 2 heterocycles. The highest BCUT2D eigenvalue weighted by atomic mass is 35.5. The Labute approximate surface area is 169 Å². The zero-order chi connectivity index (χ0) is 19.8. The second-order valence-electron chi connectivity index (χ2n) is 7.07. The fourth-order valence-corrected chi connectivity index (χ4v) is 3.78. The molecule has 1 saturated heterocycles. The Hall–Kier alpha value is -2.63. The lowest BCUT2D eigenvalue weighted by molar-refractivity contribution is -0.121. The van der Waals surface area contributed by atoms with Crippen molar-refractivity contribution in [2.24, 2.45) is 0 Å². The number of carbonyl (C=O) groups excluding carboxylic acids is 2. The molecule has 0 spiro atoms. The number of amides is 2. The van der Waals surface area contributed by atoms with Gasteiger partial charge >= 0.3 is 0 Å². The van der Waals surface area contributed by atoms with Crippen LogP contribution in [0.1, 0.15) is 16.7 Å². The van der Waals surface area contributed by atoms with Gasteiger partial charge in [0, 0.05) is 18.1 Å². The first-order chi connectivity index (χ1) is 13.5. The summed E-state index contributed by atoms with van der Waals surface area (Å²) >= 11 is 6.03. The van der Waals surface area contributed by atoms with Crippen molar-refractivity contribution in [3.05, 3.63) is 69.9 Å². The topological polar surface area (TPSA) is 49.9 Å². The van der Waals surface area contributed by atoms with Crippen LogP contribution in [0.4, 0.5) is 5.69 Å². The number of carbonyl (C=O) groups is 2. The van der Waals surface area contributed by atoms with Crippen molar-refractivity contribution >= 4 is 34.7 Å². The fraction of sp³-hybridized carbons (Fsp3) is 0.273. The highest BCUT2D eigenvalue weighted by molar-refractivity contribution is 6.45. The van der Waals surface area contributed by atoms with Crippen LogP contribution in [0.5, 0.6) is 0 Å². The molecular weight excluding hydrogens is 376 g/mol. The maximum absolute atomic E-state index is 13.5. The summed E-state index contributed by atoms with van der Waals surface area (Å²) in [4.78, 5) is 30.2. The second-order valence-corrected chi connectivity index (χ2v) is 7.50. The predicted molar refractivity (Wildman–Crippen MR) is 109 cm³/mol. The van der Waals surface area contributed by atoms with E-state index < -0.39 is 0 Å². The van der Waals surface area contributed by atoms with Gasteiger partial charge in [0.05, 0.1) is 24.5 Å². The van der Waals surface area contributed by atoms with Crippen LogP contribution in [0.25, 0.3) is 5.57 Å². The molecule has 28 heavy (non-hydrogen) atoms. The molecule has 0 aliphatic carbocycles. The predicted octanol–water partition coefficient (Wildman–Crippen LogP) is 3.57. The van der Waals surface area contributed by atoms with Crippen molar-refractivity contribution in [1.29, 1.82) is 0 Å². The van der Waals surface area contributed by atoms with Gasteiger partial charge in [-0.25, -0.2) is 4.90 Å². The van der Waals surface area contributed by atoms with E-state index in [2.05, 4.69) is 0 Å². The van der Waals surface area contributed by atoms with Gasteiger partial charge in [-0.15, -0.1) is 0 Å². The molecule has 0 N–H and O–H groups in total. The molecule has 6 heteroatoms. The zero-order valence-electron chi connectivity index (χ0n) is 15.9. The van der Waals surface area contributed by atoms with Gasteiger partial charge in [-0.1, -0.05) is 35.9 Å². The highest BCUT2D eigenvalue weighted by Gasteiger charge is 2.43. The molecular formula is C22H21ClN2O3. The summed E-state index contributed by atoms with van der Waals surface area (Å²) in [7, 11) is 0. The molecule has 2 amide bonds. The van der Waals surface area contributed by atoms with E-state index in [1.807, 2.05) is 36.9 Å². The van der Waals surface area contributed by atoms with Crippen molar-refractivity contribution in [3.63, 3.8) is 0 Å². The molecule has 5 nitrogen and oxygen atoms in total. The minimum atomic E-state index is -0.303. The number of aryl methyl sites for hydroxylation is 2. The average Bonchev–Trinajstić information content (AvgIpc) is 2.95. The molecule has 0 saturated carbocycles. The van der Waals surface area contributed by atoms with Gasteiger partial charge in [0.1, 0.15) is 5.70 Å². The summed E-state index contributed by atoms with van der Waals surface area (Å²) in [5.74, 6) is -0.590. The van der Waals surface area contributed by atoms with Crippen LogP contribution in [0.2, 0.25) is 5.02 Å². The normalized spacial score (nSPS) is 17.7. The standard InChI is InChI=1S/C22H21ClN2O3/c1-14-3-4-15(2)18(13-14)25-21(26)19(16-5-7-17(23)8-6-16)20(22(25)27)24-9-11-28-12-10-24/h3-8,13H,9-12H2,1-2H3. The van der Waals surface area contributed by atoms with Crippen LogP contribution in [-0.2, 0) is 14.3 Å². The van der Waals surface area contributed by atoms with E-state index in [9.17, 15) is 9.59 Å². The maximum Gasteiger partial charge on any atom is 0.282 e. The van der Waals surface area contributed by atoms with Crippen LogP contribution in [0.3, 0.4) is 0 Å². The molecule has 0 radical (unpaired) electrons. The second kappa shape index (κ2) is 7.41. The zero-order valence-corrected chi connectivity index (χ0v) is 16.6. The molecule has 0 bridgehead atoms. The molecule has 1 fully saturated rings. The van der Waals surface area contributed by atoms with Crippen molar-refractivity contribution < 1.29 is 14.3 Å². The molecule has 2 aliphatic heterocycles. The lowest BCUT2D eigenvalue weighted by Crippen LogP contribution is -2.40. The number of rotatable bonds is 3. The van der Waals surface area contributed by atoms with E-state index in [4.69, 9.17) is 16.3 Å². The number of ether oxygens (including phenoxy) is 1. The van der Waals surface area contributed by atoms with Crippen molar-refractivity contribution in [1.82, 2.24) is 4.90 Å². The maximum atomic E-state index is 13.5. The lowest BCUT2D eigenvalue weighted by Gasteiger charge is -2.29. The Kier molecular flexibility index (Phi) is 4.96. The van der Waals surface area contributed by atoms with Gasteiger partial charge in [0.15, 0.2) is 0 Å². The van der Waals surface area contributed by atoms with Gasteiger partial charge in [-0.05, 0) is 48.7 Å². The number of hydrogen-bond donors (Lipinski definition) is 0. The molecule has 2 aliphatic rings. The smallest absolute Gasteiger partial charge is 0.282 e. The Morgan fingerprint density at radius 3 is 2.29 bits per heavy atom. The molecule has 2 aromatic carbocycles. The highest BCUT2D eigenvalue weighted by Crippen LogP contribution is 2.36. The average molecular weight is 397 g/mol. The third-order valence-corrected chi connectivity index (χ3v) is 5.38. The van der Waals surface area contributed by atoms with Crippen LogP contribution < -0.4 is 4.90 Å². The Bertz CT molecular complexity index is 976. The molecule has 0 unspecified atom stereocenters. The van der Waals surface area contributed by atoms with E-state index in [0.717, 1.165) is 11.1 Å². The third-order valence-electron chi connectivity index (χ3n) is 5.13. The van der Waals surface area contributed by atoms with Gasteiger partial charge in [0.25, 0.3) is 11.8 Å². The monoisotopic (exact) mass is 396 g/mol. The number of imide groups is 1. The largest absolute Gasteiger partial charge is 0.378 e. The van der Waals surface area contributed by atoms with Gasteiger partial charge < -0.3 is 9.64 Å². The van der Waals surface area contributed by atoms with E-state index in [-0.39, 0.29) is 11.8 Å². The summed E-state index contributed by atoms with van der Waals surface area (Å²) in [6.07, 6.45) is 0. The van der Waals surface area contributed by atoms with Gasteiger partial charge in [0.2, 0.25) is 0 Å². The minimum Gasteiger partial charge on any atom is -0.378 e. The molecule has 0 aromatic heterocycles. The Balaban J connectivity index is 1.85. The van der Waals surface area contributed by atoms with Crippen LogP contribution in [0.15, 0.2) is 48.2 Å². The van der Waals surface area contributed by atoms with E-state index in [0.29, 0.717) is 53.8 Å². The summed E-state index contributed by atoms with van der Waals surface area (Å²) in [6.45, 7) is 6.07. The van der Waals surface area contributed by atoms with E-state index >= 15 is 0 Å². The van der Waals surface area contributed by atoms with Gasteiger partial charge in [-0.2, -0.15) is 0 Å². The number of nitrogens with zero attached hydrogens (tertiary/aromatic N) is 2. The Morgan fingerprint density at radius 1 is 0.929 bits per heavy atom. The molecule has 0 atom stereocenters. The van der Waals surface area contributed by atoms with Gasteiger partial charge in [-0.3, -0.25) is 9.59 Å². The van der Waals surface area contributed by atoms with Crippen LogP contribution in [-0.4, -0.2) is 43.0 Å². The lowest BCUT2D eigenvalue weighted by atomic mass is 10.0. The van der Waals surface area contributed by atoms with E-state index in [1.54, 1.807) is 24.3 Å². The first-order valence-corrected chi connectivity index (χ1v) is 9.64. The molecule has 4 rings (SSSR count). The fourth-order valence-electron chi connectivity index (χ4n) is 3.65. The van der Waals surface area contributed by atoms with Crippen LogP contribution in [0, 0.1) is 13.8 Å². The third kappa shape index (κ3) is 3.21. The van der Waals surface area contributed by atoms with Crippen molar-refractivity contribution in [2.45, 2.75) is 13.8 Å². The quantitative estimate of drug-likeness (QED) is 0.744. The SMILES string of the molecule is Cc1ccc(C)c(N2C(=O)C(c3ccc(Cl)cc3)=C(N3CCOCC3)C2=O)c1.